The monoisotopic (exact) mass is 424 g/mol. The number of thiazole rings is 1. The van der Waals surface area contributed by atoms with E-state index in [1.54, 1.807) is 23.5 Å². The van der Waals surface area contributed by atoms with Gasteiger partial charge in [-0.1, -0.05) is 35.9 Å². The Morgan fingerprint density at radius 1 is 1.03 bits per heavy atom. The molecule has 0 bridgehead atoms. The van der Waals surface area contributed by atoms with Crippen molar-refractivity contribution in [2.75, 3.05) is 11.1 Å². The number of nitrogens with two attached hydrogens (primary N) is 1. The lowest BCUT2D eigenvalue weighted by Gasteiger charge is -2.07. The summed E-state index contributed by atoms with van der Waals surface area (Å²) < 4.78 is 0. The van der Waals surface area contributed by atoms with Gasteiger partial charge < -0.3 is 11.1 Å². The molecule has 29 heavy (non-hydrogen) atoms. The van der Waals surface area contributed by atoms with Gasteiger partial charge in [0.2, 0.25) is 11.6 Å². The second kappa shape index (κ2) is 7.82. The highest BCUT2D eigenvalue weighted by molar-refractivity contribution is 7.13. The quantitative estimate of drug-likeness (QED) is 0.335. The molecule has 0 aliphatic carbocycles. The standard InChI is InChI=1S/C19H13ClN6O2S/c20-13-5-1-12(2-6-13)19-25-15(9-29-19)11-3-7-14(8-4-11)24-18-16(26(27)28)17(21)22-10-23-18/h1-10H,(H3,21,22,23,24). The highest BCUT2D eigenvalue weighted by atomic mass is 35.5. The van der Waals surface area contributed by atoms with E-state index in [1.165, 1.54) is 6.33 Å². The SMILES string of the molecule is Nc1ncnc(Nc2ccc(-c3csc(-c4ccc(Cl)cc4)n3)cc2)c1[N+](=O)[O-]. The number of anilines is 3. The summed E-state index contributed by atoms with van der Waals surface area (Å²) in [5.74, 6) is -0.157. The normalized spacial score (nSPS) is 10.7. The maximum atomic E-state index is 11.2. The number of rotatable bonds is 5. The second-order valence-corrected chi connectivity index (χ2v) is 7.25. The van der Waals surface area contributed by atoms with Gasteiger partial charge in [-0.3, -0.25) is 10.1 Å². The Morgan fingerprint density at radius 2 is 1.72 bits per heavy atom. The summed E-state index contributed by atoms with van der Waals surface area (Å²) in [6.07, 6.45) is 1.17. The van der Waals surface area contributed by atoms with Crippen LogP contribution in [0.1, 0.15) is 0 Å². The van der Waals surface area contributed by atoms with E-state index < -0.39 is 4.92 Å². The van der Waals surface area contributed by atoms with Crippen molar-refractivity contribution in [2.45, 2.75) is 0 Å². The van der Waals surface area contributed by atoms with E-state index in [-0.39, 0.29) is 17.3 Å². The van der Waals surface area contributed by atoms with Gasteiger partial charge in [0, 0.05) is 27.2 Å². The summed E-state index contributed by atoms with van der Waals surface area (Å²) in [6, 6.07) is 14.8. The van der Waals surface area contributed by atoms with E-state index in [1.807, 2.05) is 41.8 Å². The Hall–Kier alpha value is -3.56. The minimum absolute atomic E-state index is 0.0360. The molecule has 0 fully saturated rings. The molecule has 10 heteroatoms. The number of nitrogens with one attached hydrogen (secondary N) is 1. The predicted molar refractivity (Wildman–Crippen MR) is 114 cm³/mol. The smallest absolute Gasteiger partial charge is 0.353 e. The van der Waals surface area contributed by atoms with E-state index in [0.717, 1.165) is 21.8 Å². The van der Waals surface area contributed by atoms with Gasteiger partial charge in [0.25, 0.3) is 0 Å². The first-order valence-corrected chi connectivity index (χ1v) is 9.61. The van der Waals surface area contributed by atoms with Crippen LogP contribution in [0.25, 0.3) is 21.8 Å². The number of nitrogens with zero attached hydrogens (tertiary/aromatic N) is 4. The average Bonchev–Trinajstić information content (AvgIpc) is 3.19. The molecule has 0 saturated carbocycles. The highest BCUT2D eigenvalue weighted by Gasteiger charge is 2.21. The first kappa shape index (κ1) is 18.8. The van der Waals surface area contributed by atoms with Crippen molar-refractivity contribution in [1.82, 2.24) is 15.0 Å². The predicted octanol–water partition coefficient (Wildman–Crippen LogP) is 5.15. The summed E-state index contributed by atoms with van der Waals surface area (Å²) in [6.45, 7) is 0. The number of halogens is 1. The zero-order valence-corrected chi connectivity index (χ0v) is 16.3. The number of benzene rings is 2. The van der Waals surface area contributed by atoms with Crippen molar-refractivity contribution in [3.05, 3.63) is 75.4 Å². The van der Waals surface area contributed by atoms with Crippen LogP contribution in [-0.2, 0) is 0 Å². The van der Waals surface area contributed by atoms with Crippen LogP contribution in [0.2, 0.25) is 5.02 Å². The van der Waals surface area contributed by atoms with Gasteiger partial charge >= 0.3 is 5.69 Å². The van der Waals surface area contributed by atoms with Crippen LogP contribution >= 0.6 is 22.9 Å². The first-order valence-electron chi connectivity index (χ1n) is 8.35. The Balaban J connectivity index is 1.56. The van der Waals surface area contributed by atoms with Gasteiger partial charge in [0.1, 0.15) is 11.3 Å². The third-order valence-electron chi connectivity index (χ3n) is 4.07. The van der Waals surface area contributed by atoms with Gasteiger partial charge in [0.05, 0.1) is 10.6 Å². The molecule has 2 heterocycles. The molecule has 0 unspecified atom stereocenters. The van der Waals surface area contributed by atoms with Crippen molar-refractivity contribution >= 4 is 45.9 Å². The zero-order chi connectivity index (χ0) is 20.4. The number of hydrogen-bond acceptors (Lipinski definition) is 8. The molecule has 0 spiro atoms. The van der Waals surface area contributed by atoms with Gasteiger partial charge in [-0.25, -0.2) is 15.0 Å². The van der Waals surface area contributed by atoms with Crippen LogP contribution in [-0.4, -0.2) is 19.9 Å². The fourth-order valence-corrected chi connectivity index (χ4v) is 3.62. The minimum Gasteiger partial charge on any atom is -0.378 e. The largest absolute Gasteiger partial charge is 0.378 e. The summed E-state index contributed by atoms with van der Waals surface area (Å²) in [5.41, 5.74) is 8.61. The van der Waals surface area contributed by atoms with Crippen LogP contribution in [0.5, 0.6) is 0 Å². The molecule has 3 N–H and O–H groups in total. The van der Waals surface area contributed by atoms with Crippen LogP contribution < -0.4 is 11.1 Å². The lowest BCUT2D eigenvalue weighted by atomic mass is 10.1. The molecule has 8 nitrogen and oxygen atoms in total. The van der Waals surface area contributed by atoms with E-state index in [2.05, 4.69) is 20.3 Å². The van der Waals surface area contributed by atoms with Crippen molar-refractivity contribution in [3.8, 4) is 21.8 Å². The third kappa shape index (κ3) is 4.00. The maximum Gasteiger partial charge on any atom is 0.353 e. The van der Waals surface area contributed by atoms with Gasteiger partial charge in [-0.05, 0) is 24.3 Å². The molecule has 4 aromatic rings. The Morgan fingerprint density at radius 3 is 2.41 bits per heavy atom. The molecule has 144 valence electrons. The average molecular weight is 425 g/mol. The van der Waals surface area contributed by atoms with Gasteiger partial charge in [0.15, 0.2) is 0 Å². The molecule has 2 aromatic carbocycles. The number of nitrogen functional groups attached to an aromatic ring is 1. The Bertz CT molecular complexity index is 1180. The summed E-state index contributed by atoms with van der Waals surface area (Å²) in [7, 11) is 0. The maximum absolute atomic E-state index is 11.2. The number of nitro groups is 1. The van der Waals surface area contributed by atoms with Crippen molar-refractivity contribution in [2.24, 2.45) is 0 Å². The third-order valence-corrected chi connectivity index (χ3v) is 5.22. The number of hydrogen-bond donors (Lipinski definition) is 2. The molecule has 0 amide bonds. The van der Waals surface area contributed by atoms with E-state index in [0.29, 0.717) is 10.7 Å². The van der Waals surface area contributed by atoms with Crippen LogP contribution in [0.3, 0.4) is 0 Å². The summed E-state index contributed by atoms with van der Waals surface area (Å²) in [4.78, 5) is 22.8. The van der Waals surface area contributed by atoms with Crippen LogP contribution in [0.15, 0.2) is 60.2 Å². The summed E-state index contributed by atoms with van der Waals surface area (Å²) in [5, 5.41) is 17.7. The van der Waals surface area contributed by atoms with E-state index >= 15 is 0 Å². The zero-order valence-electron chi connectivity index (χ0n) is 14.7. The lowest BCUT2D eigenvalue weighted by Crippen LogP contribution is -2.04. The molecule has 0 radical (unpaired) electrons. The first-order chi connectivity index (χ1) is 14.0. The summed E-state index contributed by atoms with van der Waals surface area (Å²) >= 11 is 7.47. The van der Waals surface area contributed by atoms with E-state index in [4.69, 9.17) is 17.3 Å². The molecule has 2 aromatic heterocycles. The van der Waals surface area contributed by atoms with Crippen LogP contribution in [0.4, 0.5) is 23.0 Å². The molecule has 0 saturated heterocycles. The van der Waals surface area contributed by atoms with Crippen LogP contribution in [0, 0.1) is 10.1 Å². The molecular formula is C19H13ClN6O2S. The fraction of sp³-hybridized carbons (Fsp3) is 0. The Kier molecular flexibility index (Phi) is 5.07. The molecule has 4 rings (SSSR count). The topological polar surface area (TPSA) is 120 Å². The molecular weight excluding hydrogens is 412 g/mol. The Labute approximate surface area is 174 Å². The van der Waals surface area contributed by atoms with Gasteiger partial charge in [-0.15, -0.1) is 11.3 Å². The van der Waals surface area contributed by atoms with Crippen molar-refractivity contribution in [1.29, 1.82) is 0 Å². The van der Waals surface area contributed by atoms with Crippen molar-refractivity contribution in [3.63, 3.8) is 0 Å². The number of aromatic nitrogens is 3. The van der Waals surface area contributed by atoms with Crippen molar-refractivity contribution < 1.29 is 4.92 Å². The minimum atomic E-state index is -0.612. The second-order valence-electron chi connectivity index (χ2n) is 5.96. The highest BCUT2D eigenvalue weighted by Crippen LogP contribution is 2.32. The molecule has 0 aliphatic rings. The molecule has 0 aliphatic heterocycles. The fourth-order valence-electron chi connectivity index (χ4n) is 2.66. The lowest BCUT2D eigenvalue weighted by molar-refractivity contribution is -0.383. The van der Waals surface area contributed by atoms with E-state index in [9.17, 15) is 10.1 Å². The van der Waals surface area contributed by atoms with Gasteiger partial charge in [-0.2, -0.15) is 0 Å². The molecule has 0 atom stereocenters.